The highest BCUT2D eigenvalue weighted by Crippen LogP contribution is 2.25. The highest BCUT2D eigenvalue weighted by Gasteiger charge is 2.27. The monoisotopic (exact) mass is 483 g/mol. The average molecular weight is 484 g/mol. The van der Waals surface area contributed by atoms with Crippen molar-refractivity contribution < 1.29 is 17.7 Å². The van der Waals surface area contributed by atoms with Gasteiger partial charge in [-0.25, -0.2) is 22.8 Å². The van der Waals surface area contributed by atoms with E-state index in [1.165, 1.54) is 8.87 Å². The van der Waals surface area contributed by atoms with E-state index in [1.54, 1.807) is 18.2 Å². The van der Waals surface area contributed by atoms with E-state index >= 15 is 0 Å². The van der Waals surface area contributed by atoms with E-state index in [4.69, 9.17) is 14.2 Å². The third-order valence-corrected chi connectivity index (χ3v) is 7.77. The van der Waals surface area contributed by atoms with Crippen molar-refractivity contribution in [2.24, 2.45) is 0 Å². The fraction of sp³-hybridized carbons (Fsp3) is 0.348. The molecule has 1 aliphatic heterocycles. The minimum absolute atomic E-state index is 0.146. The molecule has 0 atom stereocenters. The maximum Gasteiger partial charge on any atom is 0.442 e. The lowest BCUT2D eigenvalue weighted by Crippen LogP contribution is -2.40. The van der Waals surface area contributed by atoms with Crippen LogP contribution in [0.1, 0.15) is 19.2 Å². The number of ether oxygens (including phenoxy) is 1. The number of nitrogens with zero attached hydrogens (tertiary/aromatic N) is 5. The summed E-state index contributed by atoms with van der Waals surface area (Å²) < 4.78 is 41.4. The number of aryl methyl sites for hydroxylation is 1. The fourth-order valence-corrected chi connectivity index (χ4v) is 5.62. The summed E-state index contributed by atoms with van der Waals surface area (Å²) in [5.74, 6) is 0.459. The second kappa shape index (κ2) is 9.16. The van der Waals surface area contributed by atoms with Crippen LogP contribution in [0.5, 0.6) is 0 Å². The largest absolute Gasteiger partial charge is 0.442 e. The summed E-state index contributed by atoms with van der Waals surface area (Å²) >= 11 is 0. The number of benzene rings is 2. The molecule has 5 rings (SSSR count). The second-order valence-electron chi connectivity index (χ2n) is 8.07. The summed E-state index contributed by atoms with van der Waals surface area (Å²) in [7, 11) is -3.64. The lowest BCUT2D eigenvalue weighted by Gasteiger charge is -2.26. The first-order chi connectivity index (χ1) is 16.5. The molecule has 0 aliphatic carbocycles. The van der Waals surface area contributed by atoms with E-state index in [2.05, 4.69) is 5.16 Å². The molecular weight excluding hydrogens is 458 g/mol. The molecule has 0 saturated carbocycles. The summed E-state index contributed by atoms with van der Waals surface area (Å²) in [6.07, 6.45) is 0.844. The summed E-state index contributed by atoms with van der Waals surface area (Å²) in [6, 6.07) is 14.3. The van der Waals surface area contributed by atoms with Gasteiger partial charge in [0, 0.05) is 25.2 Å². The van der Waals surface area contributed by atoms with Crippen molar-refractivity contribution >= 4 is 21.1 Å². The van der Waals surface area contributed by atoms with E-state index in [-0.39, 0.29) is 11.4 Å². The molecule has 0 bridgehead atoms. The number of hydrogen-bond acceptors (Lipinski definition) is 7. The van der Waals surface area contributed by atoms with Crippen LogP contribution in [-0.2, 0) is 27.8 Å². The van der Waals surface area contributed by atoms with Crippen molar-refractivity contribution in [2.75, 3.05) is 26.3 Å². The standard InChI is InChI=1S/C23H25N5O5S/c1-2-10-27-20-9-8-18(34(30,31)26-11-13-32-14-12-26)15-19(20)24-21(27)16-28-22(25-33-23(28)29)17-6-4-3-5-7-17/h3-9,15H,2,10-14,16H2,1H3. The lowest BCUT2D eigenvalue weighted by molar-refractivity contribution is 0.0730. The van der Waals surface area contributed by atoms with Gasteiger partial charge >= 0.3 is 5.76 Å². The molecule has 0 radical (unpaired) electrons. The summed E-state index contributed by atoms with van der Waals surface area (Å²) in [6.45, 7) is 4.29. The summed E-state index contributed by atoms with van der Waals surface area (Å²) in [4.78, 5) is 17.4. The molecule has 4 aromatic rings. The zero-order valence-corrected chi connectivity index (χ0v) is 19.6. The number of hydrogen-bond donors (Lipinski definition) is 0. The molecule has 0 amide bonds. The Hall–Kier alpha value is -3.28. The zero-order chi connectivity index (χ0) is 23.7. The predicted molar refractivity (Wildman–Crippen MR) is 125 cm³/mol. The molecule has 1 aliphatic rings. The number of rotatable bonds is 7. The van der Waals surface area contributed by atoms with E-state index in [1.807, 2.05) is 41.8 Å². The van der Waals surface area contributed by atoms with E-state index in [0.29, 0.717) is 50.0 Å². The molecule has 2 aromatic carbocycles. The Balaban J connectivity index is 1.56. The van der Waals surface area contributed by atoms with Crippen LogP contribution >= 0.6 is 0 Å². The molecule has 1 saturated heterocycles. The topological polar surface area (TPSA) is 112 Å². The molecule has 11 heteroatoms. The Morgan fingerprint density at radius 2 is 1.79 bits per heavy atom. The number of morpholine rings is 1. The van der Waals surface area contributed by atoms with Crippen LogP contribution in [0.25, 0.3) is 22.4 Å². The molecule has 0 unspecified atom stereocenters. The Bertz CT molecular complexity index is 1470. The van der Waals surface area contributed by atoms with Gasteiger partial charge in [0.05, 0.1) is 35.7 Å². The third kappa shape index (κ3) is 4.06. The molecule has 34 heavy (non-hydrogen) atoms. The van der Waals surface area contributed by atoms with Crippen molar-refractivity contribution in [1.29, 1.82) is 0 Å². The maximum atomic E-state index is 13.1. The molecule has 10 nitrogen and oxygen atoms in total. The van der Waals surface area contributed by atoms with Crippen LogP contribution in [0.2, 0.25) is 0 Å². The van der Waals surface area contributed by atoms with Gasteiger partial charge in [-0.15, -0.1) is 0 Å². The SMILES string of the molecule is CCCn1c(Cn2c(-c3ccccc3)noc2=O)nc2cc(S(=O)(=O)N3CCOCC3)ccc21. The van der Waals surface area contributed by atoms with Gasteiger partial charge in [-0.2, -0.15) is 4.31 Å². The highest BCUT2D eigenvalue weighted by atomic mass is 32.2. The van der Waals surface area contributed by atoms with Gasteiger partial charge in [0.25, 0.3) is 0 Å². The molecule has 2 aromatic heterocycles. The Kier molecular flexibility index (Phi) is 6.07. The Labute approximate surface area is 196 Å². The van der Waals surface area contributed by atoms with Crippen molar-refractivity contribution in [3.8, 4) is 11.4 Å². The summed E-state index contributed by atoms with van der Waals surface area (Å²) in [5, 5.41) is 3.95. The second-order valence-corrected chi connectivity index (χ2v) is 10.0. The predicted octanol–water partition coefficient (Wildman–Crippen LogP) is 2.33. The quantitative estimate of drug-likeness (QED) is 0.396. The van der Waals surface area contributed by atoms with Crippen LogP contribution in [0.3, 0.4) is 0 Å². The Morgan fingerprint density at radius 3 is 2.53 bits per heavy atom. The third-order valence-electron chi connectivity index (χ3n) is 5.87. The van der Waals surface area contributed by atoms with Crippen LogP contribution in [0.15, 0.2) is 62.7 Å². The van der Waals surface area contributed by atoms with Crippen LogP contribution in [0, 0.1) is 0 Å². The highest BCUT2D eigenvalue weighted by molar-refractivity contribution is 7.89. The van der Waals surface area contributed by atoms with Crippen molar-refractivity contribution in [3.05, 3.63) is 64.9 Å². The first-order valence-corrected chi connectivity index (χ1v) is 12.6. The first kappa shape index (κ1) is 22.5. The maximum absolute atomic E-state index is 13.1. The smallest absolute Gasteiger partial charge is 0.379 e. The molecule has 3 heterocycles. The number of imidazole rings is 1. The normalized spacial score (nSPS) is 15.2. The molecule has 0 N–H and O–H groups in total. The van der Waals surface area contributed by atoms with Gasteiger partial charge in [0.1, 0.15) is 5.82 Å². The fourth-order valence-electron chi connectivity index (χ4n) is 4.19. The van der Waals surface area contributed by atoms with E-state index in [9.17, 15) is 13.2 Å². The summed E-state index contributed by atoms with van der Waals surface area (Å²) in [5.41, 5.74) is 2.12. The van der Waals surface area contributed by atoms with Crippen molar-refractivity contribution in [3.63, 3.8) is 0 Å². The van der Waals surface area contributed by atoms with E-state index < -0.39 is 15.8 Å². The van der Waals surface area contributed by atoms with Gasteiger partial charge in [-0.3, -0.25) is 4.52 Å². The van der Waals surface area contributed by atoms with Crippen LogP contribution in [0.4, 0.5) is 0 Å². The minimum Gasteiger partial charge on any atom is -0.379 e. The van der Waals surface area contributed by atoms with Crippen molar-refractivity contribution in [1.82, 2.24) is 23.6 Å². The molecule has 1 fully saturated rings. The van der Waals surface area contributed by atoms with Gasteiger partial charge in [-0.1, -0.05) is 42.4 Å². The zero-order valence-electron chi connectivity index (χ0n) is 18.8. The number of fused-ring (bicyclic) bond motifs is 1. The van der Waals surface area contributed by atoms with Gasteiger partial charge < -0.3 is 9.30 Å². The molecule has 178 valence electrons. The van der Waals surface area contributed by atoms with E-state index in [0.717, 1.165) is 17.5 Å². The number of sulfonamides is 1. The number of aromatic nitrogens is 4. The van der Waals surface area contributed by atoms with Crippen LogP contribution in [-0.4, -0.2) is 58.3 Å². The Morgan fingerprint density at radius 1 is 1.03 bits per heavy atom. The lowest BCUT2D eigenvalue weighted by atomic mass is 10.2. The minimum atomic E-state index is -3.64. The first-order valence-electron chi connectivity index (χ1n) is 11.2. The van der Waals surface area contributed by atoms with Crippen LogP contribution < -0.4 is 5.76 Å². The molecular formula is C23H25N5O5S. The van der Waals surface area contributed by atoms with Gasteiger partial charge in [0.2, 0.25) is 10.0 Å². The van der Waals surface area contributed by atoms with Gasteiger partial charge in [-0.05, 0) is 24.6 Å². The van der Waals surface area contributed by atoms with Crippen molar-refractivity contribution in [2.45, 2.75) is 31.3 Å². The average Bonchev–Trinajstić information content (AvgIpc) is 3.40. The molecule has 0 spiro atoms. The van der Waals surface area contributed by atoms with Gasteiger partial charge in [0.15, 0.2) is 5.82 Å².